The molecule has 1 aliphatic heterocycles. The predicted molar refractivity (Wildman–Crippen MR) is 192 cm³/mol. The van der Waals surface area contributed by atoms with E-state index in [2.05, 4.69) is 21.3 Å². The zero-order chi connectivity index (χ0) is 38.8. The second kappa shape index (κ2) is 22.4. The molecule has 290 valence electrons. The quantitative estimate of drug-likeness (QED) is 0.0719. The number of nitrogens with one attached hydrogen (secondary N) is 4. The average molecular weight is 732 g/mol. The lowest BCUT2D eigenvalue weighted by atomic mass is 10.0. The van der Waals surface area contributed by atoms with E-state index in [-0.39, 0.29) is 50.9 Å². The number of rotatable bonds is 22. The van der Waals surface area contributed by atoms with Crippen molar-refractivity contribution in [3.05, 3.63) is 35.9 Å². The number of nitrogens with zero attached hydrogens (tertiary/aromatic N) is 1. The van der Waals surface area contributed by atoms with Gasteiger partial charge in [0.2, 0.25) is 29.4 Å². The van der Waals surface area contributed by atoms with Crippen LogP contribution < -0.4 is 32.7 Å². The van der Waals surface area contributed by atoms with Gasteiger partial charge in [0.05, 0.1) is 31.9 Å². The lowest BCUT2D eigenvalue weighted by molar-refractivity contribution is -0.143. The average Bonchev–Trinajstić information content (AvgIpc) is 3.54. The van der Waals surface area contributed by atoms with E-state index in [0.717, 1.165) is 5.56 Å². The van der Waals surface area contributed by atoms with Gasteiger partial charge in [0, 0.05) is 13.0 Å². The van der Waals surface area contributed by atoms with Crippen molar-refractivity contribution in [2.75, 3.05) is 26.2 Å². The van der Waals surface area contributed by atoms with Gasteiger partial charge in [0.1, 0.15) is 18.1 Å². The van der Waals surface area contributed by atoms with Gasteiger partial charge in [-0.25, -0.2) is 4.79 Å². The number of likely N-dealkylation sites (tertiary alicyclic amines) is 1. The molecule has 0 radical (unpaired) electrons. The molecule has 0 spiro atoms. The Labute approximate surface area is 305 Å². The summed E-state index contributed by atoms with van der Waals surface area (Å²) in [5.41, 5.74) is 11.7. The van der Waals surface area contributed by atoms with Gasteiger partial charge in [-0.15, -0.1) is 0 Å². The van der Waals surface area contributed by atoms with Gasteiger partial charge < -0.3 is 47.1 Å². The number of carbonyl (C=O) groups is 7. The summed E-state index contributed by atoms with van der Waals surface area (Å²) in [7, 11) is 0. The Balaban J connectivity index is 2.19. The van der Waals surface area contributed by atoms with E-state index in [4.69, 9.17) is 20.9 Å². The minimum absolute atomic E-state index is 0.0379. The fraction of sp³-hybridized carbons (Fsp3) is 0.639. The van der Waals surface area contributed by atoms with Crippen LogP contribution in [0.1, 0.15) is 78.7 Å². The van der Waals surface area contributed by atoms with Crippen molar-refractivity contribution >= 4 is 41.4 Å². The first-order valence-corrected chi connectivity index (χ1v) is 18.0. The summed E-state index contributed by atoms with van der Waals surface area (Å²) in [5.74, 6) is -5.06. The SMILES string of the molecule is CCCC(NC(=O)C1CC(OCc2ccccc2)CN1C(=O)C(NC(=O)OCC(C)C)C(C)C)C(=O)C(=O)NCC(=O)NC(CCCCN)C(N)=O. The highest BCUT2D eigenvalue weighted by atomic mass is 16.5. The van der Waals surface area contributed by atoms with Crippen LogP contribution in [0.5, 0.6) is 0 Å². The maximum Gasteiger partial charge on any atom is 0.407 e. The van der Waals surface area contributed by atoms with Crippen molar-refractivity contribution in [3.8, 4) is 0 Å². The number of ketones is 1. The topological polar surface area (TPSA) is 241 Å². The molecular weight excluding hydrogens is 674 g/mol. The number of benzene rings is 1. The van der Waals surface area contributed by atoms with E-state index < -0.39 is 78.2 Å². The standard InChI is InChI=1S/C36H57N7O9/c1-6-12-26(31(45)34(48)39-18-29(44)40-27(32(38)46)15-10-11-16-37)41-33(47)28-17-25(51-21-24-13-8-7-9-14-24)19-43(28)35(49)30(23(4)5)42-36(50)52-20-22(2)3/h7-9,13-14,22-23,25-28,30H,6,10-12,15-21,37H2,1-5H3,(H2,38,46)(H,39,48)(H,40,44)(H,41,47)(H,42,50). The molecule has 1 aromatic rings. The Kier molecular flexibility index (Phi) is 18.8. The highest BCUT2D eigenvalue weighted by Crippen LogP contribution is 2.25. The molecule has 0 aliphatic carbocycles. The van der Waals surface area contributed by atoms with Crippen LogP contribution in [-0.4, -0.2) is 103 Å². The third-order valence-corrected chi connectivity index (χ3v) is 8.40. The van der Waals surface area contributed by atoms with E-state index in [1.807, 2.05) is 44.2 Å². The molecule has 52 heavy (non-hydrogen) atoms. The third kappa shape index (κ3) is 14.6. The van der Waals surface area contributed by atoms with Crippen molar-refractivity contribution in [3.63, 3.8) is 0 Å². The van der Waals surface area contributed by atoms with Crippen LogP contribution in [0.25, 0.3) is 0 Å². The number of unbranched alkanes of at least 4 members (excludes halogenated alkanes) is 1. The summed E-state index contributed by atoms with van der Waals surface area (Å²) in [6, 6.07) is 5.04. The molecule has 1 fully saturated rings. The fourth-order valence-electron chi connectivity index (χ4n) is 5.56. The maximum atomic E-state index is 14.0. The number of ether oxygens (including phenoxy) is 2. The molecule has 5 atom stereocenters. The molecule has 1 aliphatic rings. The lowest BCUT2D eigenvalue weighted by Gasteiger charge is -2.31. The molecule has 0 aromatic heterocycles. The van der Waals surface area contributed by atoms with E-state index in [0.29, 0.717) is 25.8 Å². The van der Waals surface area contributed by atoms with Crippen molar-refractivity contribution in [1.29, 1.82) is 0 Å². The fourth-order valence-corrected chi connectivity index (χ4v) is 5.56. The summed E-state index contributed by atoms with van der Waals surface area (Å²) < 4.78 is 11.4. The predicted octanol–water partition coefficient (Wildman–Crippen LogP) is 0.649. The molecule has 5 unspecified atom stereocenters. The van der Waals surface area contributed by atoms with Crippen molar-refractivity contribution in [2.45, 2.75) is 110 Å². The lowest BCUT2D eigenvalue weighted by Crippen LogP contribution is -2.57. The first kappa shape index (κ1) is 43.6. The van der Waals surface area contributed by atoms with E-state index >= 15 is 0 Å². The molecule has 16 nitrogen and oxygen atoms in total. The summed E-state index contributed by atoms with van der Waals surface area (Å²) in [5, 5.41) is 9.96. The number of primary amides is 1. The van der Waals surface area contributed by atoms with Crippen LogP contribution in [-0.2, 0) is 44.8 Å². The van der Waals surface area contributed by atoms with Crippen molar-refractivity contribution in [2.24, 2.45) is 23.3 Å². The second-order valence-electron chi connectivity index (χ2n) is 13.7. The monoisotopic (exact) mass is 731 g/mol. The molecule has 1 aromatic carbocycles. The van der Waals surface area contributed by atoms with Gasteiger partial charge in [-0.05, 0) is 49.6 Å². The van der Waals surface area contributed by atoms with Crippen LogP contribution in [0.2, 0.25) is 0 Å². The first-order chi connectivity index (χ1) is 24.7. The Bertz CT molecular complexity index is 1360. The first-order valence-electron chi connectivity index (χ1n) is 18.0. The smallest absolute Gasteiger partial charge is 0.407 e. The molecular formula is C36H57N7O9. The van der Waals surface area contributed by atoms with E-state index in [1.54, 1.807) is 20.8 Å². The van der Waals surface area contributed by atoms with Gasteiger partial charge in [0.15, 0.2) is 0 Å². The number of hydrogen-bond acceptors (Lipinski definition) is 10. The number of amides is 6. The molecule has 16 heteroatoms. The minimum atomic E-state index is -1.26. The summed E-state index contributed by atoms with van der Waals surface area (Å²) in [4.78, 5) is 92.1. The molecule has 6 amide bonds. The molecule has 0 bridgehead atoms. The zero-order valence-electron chi connectivity index (χ0n) is 31.0. The Morgan fingerprint density at radius 2 is 1.62 bits per heavy atom. The van der Waals surface area contributed by atoms with Crippen LogP contribution >= 0.6 is 0 Å². The third-order valence-electron chi connectivity index (χ3n) is 8.40. The zero-order valence-corrected chi connectivity index (χ0v) is 31.0. The molecule has 2 rings (SSSR count). The van der Waals surface area contributed by atoms with Crippen LogP contribution in [0.3, 0.4) is 0 Å². The molecule has 8 N–H and O–H groups in total. The minimum Gasteiger partial charge on any atom is -0.449 e. The van der Waals surface area contributed by atoms with Crippen molar-refractivity contribution in [1.82, 2.24) is 26.2 Å². The number of nitrogens with two attached hydrogens (primary N) is 2. The van der Waals surface area contributed by atoms with E-state index in [1.165, 1.54) is 4.90 Å². The Morgan fingerprint density at radius 3 is 2.21 bits per heavy atom. The molecule has 1 saturated heterocycles. The van der Waals surface area contributed by atoms with Gasteiger partial charge in [-0.2, -0.15) is 0 Å². The van der Waals surface area contributed by atoms with Gasteiger partial charge >= 0.3 is 6.09 Å². The molecule has 0 saturated carbocycles. The van der Waals surface area contributed by atoms with Gasteiger partial charge in [0.25, 0.3) is 5.91 Å². The number of alkyl carbamates (subject to hydrolysis) is 1. The van der Waals surface area contributed by atoms with Crippen LogP contribution in [0, 0.1) is 11.8 Å². The highest BCUT2D eigenvalue weighted by Gasteiger charge is 2.44. The highest BCUT2D eigenvalue weighted by molar-refractivity contribution is 6.38. The van der Waals surface area contributed by atoms with Crippen LogP contribution in [0.4, 0.5) is 4.79 Å². The largest absolute Gasteiger partial charge is 0.449 e. The maximum absolute atomic E-state index is 14.0. The Hall–Kier alpha value is -4.57. The van der Waals surface area contributed by atoms with Gasteiger partial charge in [-0.1, -0.05) is 71.4 Å². The second-order valence-corrected chi connectivity index (χ2v) is 13.7. The van der Waals surface area contributed by atoms with Gasteiger partial charge in [-0.3, -0.25) is 28.8 Å². The summed E-state index contributed by atoms with van der Waals surface area (Å²) >= 11 is 0. The van der Waals surface area contributed by atoms with Crippen LogP contribution in [0.15, 0.2) is 30.3 Å². The number of carbonyl (C=O) groups excluding carboxylic acids is 7. The number of hydrogen-bond donors (Lipinski definition) is 6. The molecule has 1 heterocycles. The van der Waals surface area contributed by atoms with Crippen molar-refractivity contribution < 1.29 is 43.0 Å². The summed E-state index contributed by atoms with van der Waals surface area (Å²) in [6.45, 7) is 9.27. The normalized spacial score (nSPS) is 17.2. The Morgan fingerprint density at radius 1 is 0.923 bits per heavy atom. The van der Waals surface area contributed by atoms with E-state index in [9.17, 15) is 33.6 Å². The number of Topliss-reactive ketones (excluding diaryl/α,β-unsaturated/α-hetero) is 1. The summed E-state index contributed by atoms with van der Waals surface area (Å²) in [6.07, 6.45) is 0.750.